The molecule has 0 fully saturated rings. The van der Waals surface area contributed by atoms with Gasteiger partial charge >= 0.3 is 0 Å². The smallest absolute Gasteiger partial charge is 0.278 e. The highest BCUT2D eigenvalue weighted by atomic mass is 19.3. The molecule has 0 atom stereocenters. The van der Waals surface area contributed by atoms with Crippen molar-refractivity contribution in [2.45, 2.75) is 12.8 Å². The lowest BCUT2D eigenvalue weighted by atomic mass is 10.2. The van der Waals surface area contributed by atoms with E-state index < -0.39 is 18.0 Å². The molecule has 0 aromatic heterocycles. The molecule has 90 valence electrons. The predicted molar refractivity (Wildman–Crippen MR) is 58.5 cm³/mol. The summed E-state index contributed by atoms with van der Waals surface area (Å²) in [5, 5.41) is 4.59. The minimum absolute atomic E-state index is 0.338. The number of methoxy groups -OCH3 is 1. The second-order valence-corrected chi connectivity index (χ2v) is 3.48. The zero-order chi connectivity index (χ0) is 12.4. The Labute approximate surface area is 96.5 Å². The second kappa shape index (κ2) is 4.48. The summed E-state index contributed by atoms with van der Waals surface area (Å²) in [4.78, 5) is 11.5. The molecule has 17 heavy (non-hydrogen) atoms. The van der Waals surface area contributed by atoms with Crippen molar-refractivity contribution in [3.8, 4) is 5.75 Å². The number of hydrazone groups is 1. The van der Waals surface area contributed by atoms with E-state index in [0.29, 0.717) is 11.4 Å². The molecule has 1 aromatic carbocycles. The van der Waals surface area contributed by atoms with E-state index in [4.69, 9.17) is 4.74 Å². The molecule has 0 saturated heterocycles. The van der Waals surface area contributed by atoms with Crippen LogP contribution in [0.2, 0.25) is 0 Å². The fourth-order valence-electron chi connectivity index (χ4n) is 1.51. The van der Waals surface area contributed by atoms with E-state index in [1.807, 2.05) is 0 Å². The third kappa shape index (κ3) is 2.25. The lowest BCUT2D eigenvalue weighted by molar-refractivity contribution is -0.117. The Balaban J connectivity index is 2.30. The number of amides is 1. The summed E-state index contributed by atoms with van der Waals surface area (Å²) in [5.74, 6) is 0.0737. The maximum Gasteiger partial charge on any atom is 0.278 e. The third-order valence-electron chi connectivity index (χ3n) is 2.35. The molecule has 0 spiro atoms. The number of nitrogens with zero attached hydrogens (tertiary/aromatic N) is 2. The highest BCUT2D eigenvalue weighted by molar-refractivity contribution is 6.14. The molecule has 6 heteroatoms. The molecule has 0 saturated carbocycles. The first-order valence-corrected chi connectivity index (χ1v) is 4.94. The first-order valence-electron chi connectivity index (χ1n) is 4.94. The van der Waals surface area contributed by atoms with Gasteiger partial charge in [-0.1, -0.05) is 6.07 Å². The third-order valence-corrected chi connectivity index (χ3v) is 2.35. The number of alkyl halides is 2. The van der Waals surface area contributed by atoms with E-state index >= 15 is 0 Å². The van der Waals surface area contributed by atoms with Crippen molar-refractivity contribution < 1.29 is 18.3 Å². The van der Waals surface area contributed by atoms with Crippen molar-refractivity contribution >= 4 is 17.3 Å². The largest absolute Gasteiger partial charge is 0.497 e. The molecule has 1 aliphatic heterocycles. The highest BCUT2D eigenvalue weighted by Gasteiger charge is 2.30. The van der Waals surface area contributed by atoms with Crippen LogP contribution in [-0.2, 0) is 4.79 Å². The van der Waals surface area contributed by atoms with Crippen LogP contribution < -0.4 is 9.75 Å². The summed E-state index contributed by atoms with van der Waals surface area (Å²) in [6.45, 7) is 0. The number of benzene rings is 1. The number of halogens is 2. The molecule has 1 amide bonds. The number of hydrogen-bond donors (Lipinski definition) is 0. The Morgan fingerprint density at radius 2 is 2.24 bits per heavy atom. The second-order valence-electron chi connectivity index (χ2n) is 3.48. The molecular weight excluding hydrogens is 230 g/mol. The molecule has 1 heterocycles. The lowest BCUT2D eigenvalue weighted by Gasteiger charge is -2.12. The quantitative estimate of drug-likeness (QED) is 0.811. The van der Waals surface area contributed by atoms with Gasteiger partial charge in [-0.05, 0) is 12.1 Å². The van der Waals surface area contributed by atoms with Crippen LogP contribution in [0.1, 0.15) is 6.42 Å². The van der Waals surface area contributed by atoms with Crippen LogP contribution in [-0.4, -0.2) is 25.2 Å². The van der Waals surface area contributed by atoms with Crippen molar-refractivity contribution in [2.75, 3.05) is 12.1 Å². The number of carbonyl (C=O) groups is 1. The lowest BCUT2D eigenvalue weighted by Crippen LogP contribution is -2.19. The van der Waals surface area contributed by atoms with Gasteiger partial charge in [0.2, 0.25) is 0 Å². The number of anilines is 1. The molecule has 1 aliphatic rings. The van der Waals surface area contributed by atoms with Gasteiger partial charge in [0.05, 0.1) is 19.2 Å². The Morgan fingerprint density at radius 3 is 2.82 bits per heavy atom. The van der Waals surface area contributed by atoms with Gasteiger partial charge in [0, 0.05) is 6.07 Å². The summed E-state index contributed by atoms with van der Waals surface area (Å²) in [7, 11) is 1.48. The van der Waals surface area contributed by atoms with Crippen molar-refractivity contribution in [1.82, 2.24) is 0 Å². The molecule has 0 radical (unpaired) electrons. The van der Waals surface area contributed by atoms with E-state index in [0.717, 1.165) is 5.01 Å². The topological polar surface area (TPSA) is 41.9 Å². The number of ether oxygens (including phenoxy) is 1. The minimum Gasteiger partial charge on any atom is -0.497 e. The van der Waals surface area contributed by atoms with Crippen LogP contribution in [0.25, 0.3) is 0 Å². The molecular formula is C11H10F2N2O2. The fourth-order valence-corrected chi connectivity index (χ4v) is 1.51. The summed E-state index contributed by atoms with van der Waals surface area (Å²) in [5.41, 5.74) is 0.0165. The Kier molecular flexibility index (Phi) is 3.03. The standard InChI is InChI=1S/C11H10F2N2O2/c1-17-8-4-2-3-7(5-8)15-10(16)6-9(14-15)11(12)13/h2-5,11H,6H2,1H3. The molecule has 0 bridgehead atoms. The number of carbonyl (C=O) groups excluding carboxylic acids is 1. The SMILES string of the molecule is COc1cccc(N2N=C(C(F)F)CC2=O)c1. The summed E-state index contributed by atoms with van der Waals surface area (Å²) in [6.07, 6.45) is -3.04. The van der Waals surface area contributed by atoms with Crippen LogP contribution >= 0.6 is 0 Å². The monoisotopic (exact) mass is 240 g/mol. The first-order chi connectivity index (χ1) is 8.11. The van der Waals surface area contributed by atoms with Gasteiger partial charge in [-0.2, -0.15) is 5.10 Å². The molecule has 0 N–H and O–H groups in total. The molecule has 4 nitrogen and oxygen atoms in total. The number of rotatable bonds is 3. The summed E-state index contributed by atoms with van der Waals surface area (Å²) >= 11 is 0. The zero-order valence-corrected chi connectivity index (χ0v) is 9.06. The van der Waals surface area contributed by atoms with E-state index in [-0.39, 0.29) is 6.42 Å². The van der Waals surface area contributed by atoms with Gasteiger partial charge in [-0.25, -0.2) is 13.8 Å². The predicted octanol–water partition coefficient (Wildman–Crippen LogP) is 2.05. The van der Waals surface area contributed by atoms with Gasteiger partial charge in [0.25, 0.3) is 12.3 Å². The Morgan fingerprint density at radius 1 is 1.47 bits per heavy atom. The van der Waals surface area contributed by atoms with Crippen molar-refractivity contribution in [2.24, 2.45) is 5.10 Å². The van der Waals surface area contributed by atoms with E-state index in [9.17, 15) is 13.6 Å². The Bertz CT molecular complexity index is 474. The van der Waals surface area contributed by atoms with Crippen LogP contribution in [0.4, 0.5) is 14.5 Å². The average molecular weight is 240 g/mol. The zero-order valence-electron chi connectivity index (χ0n) is 9.06. The molecule has 1 aromatic rings. The van der Waals surface area contributed by atoms with E-state index in [1.165, 1.54) is 7.11 Å². The summed E-state index contributed by atoms with van der Waals surface area (Å²) in [6, 6.07) is 6.53. The van der Waals surface area contributed by atoms with E-state index in [1.54, 1.807) is 24.3 Å². The average Bonchev–Trinajstić information content (AvgIpc) is 2.72. The highest BCUT2D eigenvalue weighted by Crippen LogP contribution is 2.25. The molecule has 0 aliphatic carbocycles. The molecule has 0 unspecified atom stereocenters. The van der Waals surface area contributed by atoms with Crippen LogP contribution in [0.15, 0.2) is 29.4 Å². The Hall–Kier alpha value is -1.98. The van der Waals surface area contributed by atoms with Gasteiger partial charge in [0.1, 0.15) is 11.5 Å². The van der Waals surface area contributed by atoms with E-state index in [2.05, 4.69) is 5.10 Å². The normalized spacial score (nSPS) is 15.4. The first kappa shape index (κ1) is 11.5. The van der Waals surface area contributed by atoms with Crippen LogP contribution in [0.5, 0.6) is 5.75 Å². The summed E-state index contributed by atoms with van der Waals surface area (Å²) < 4.78 is 29.8. The van der Waals surface area contributed by atoms with Crippen molar-refractivity contribution in [3.05, 3.63) is 24.3 Å². The van der Waals surface area contributed by atoms with Crippen molar-refractivity contribution in [1.29, 1.82) is 0 Å². The minimum atomic E-state index is -2.70. The van der Waals surface area contributed by atoms with Crippen molar-refractivity contribution in [3.63, 3.8) is 0 Å². The maximum atomic E-state index is 12.4. The maximum absolute atomic E-state index is 12.4. The van der Waals surface area contributed by atoms with Gasteiger partial charge in [0.15, 0.2) is 0 Å². The van der Waals surface area contributed by atoms with Gasteiger partial charge in [-0.15, -0.1) is 0 Å². The van der Waals surface area contributed by atoms with Gasteiger partial charge in [-0.3, -0.25) is 4.79 Å². The number of hydrogen-bond acceptors (Lipinski definition) is 3. The van der Waals surface area contributed by atoms with Crippen LogP contribution in [0, 0.1) is 0 Å². The molecule has 2 rings (SSSR count). The van der Waals surface area contributed by atoms with Crippen LogP contribution in [0.3, 0.4) is 0 Å². The fraction of sp³-hybridized carbons (Fsp3) is 0.273. The van der Waals surface area contributed by atoms with Gasteiger partial charge < -0.3 is 4.74 Å².